The average Bonchev–Trinajstić information content (AvgIpc) is 3.06. The molecule has 0 aliphatic heterocycles. The molecule has 22 heavy (non-hydrogen) atoms. The quantitative estimate of drug-likeness (QED) is 0.339. The Morgan fingerprint density at radius 3 is 2.32 bits per heavy atom. The SMILES string of the molecule is C=C(C#N)C(=O)OC.CC(C)(C)OC(=O)C12C=CC(CC1)C2. The number of ether oxygens (including phenoxy) is 2. The van der Waals surface area contributed by atoms with E-state index in [1.807, 2.05) is 20.8 Å². The molecule has 0 aromatic rings. The van der Waals surface area contributed by atoms with Gasteiger partial charge in [-0.2, -0.15) is 5.26 Å². The van der Waals surface area contributed by atoms with Crippen molar-refractivity contribution in [3.63, 3.8) is 0 Å². The molecule has 0 aromatic carbocycles. The van der Waals surface area contributed by atoms with E-state index in [9.17, 15) is 9.59 Å². The highest BCUT2D eigenvalue weighted by atomic mass is 16.6. The van der Waals surface area contributed by atoms with E-state index in [0.29, 0.717) is 5.92 Å². The van der Waals surface area contributed by atoms with Gasteiger partial charge in [-0.15, -0.1) is 0 Å². The maximum atomic E-state index is 12.0. The van der Waals surface area contributed by atoms with Gasteiger partial charge < -0.3 is 9.47 Å². The van der Waals surface area contributed by atoms with Crippen LogP contribution in [0.1, 0.15) is 40.0 Å². The molecule has 2 atom stereocenters. The van der Waals surface area contributed by atoms with Gasteiger partial charge in [0, 0.05) is 0 Å². The summed E-state index contributed by atoms with van der Waals surface area (Å²) in [5.41, 5.74) is -0.800. The molecule has 1 fully saturated rings. The van der Waals surface area contributed by atoms with E-state index in [2.05, 4.69) is 23.5 Å². The first-order chi connectivity index (χ1) is 10.1. The molecule has 2 aliphatic rings. The van der Waals surface area contributed by atoms with Crippen molar-refractivity contribution in [2.45, 2.75) is 45.6 Å². The van der Waals surface area contributed by atoms with E-state index in [-0.39, 0.29) is 22.6 Å². The van der Waals surface area contributed by atoms with E-state index < -0.39 is 5.97 Å². The standard InChI is InChI=1S/C12H18O2.C5H5NO2/c1-11(2,3)14-10(13)12-6-4-9(8-12)5-7-12;1-4(3-6)5(7)8-2/h4,6,9H,5,7-8H2,1-3H3;1H2,2H3. The van der Waals surface area contributed by atoms with Gasteiger partial charge in [0.25, 0.3) is 0 Å². The smallest absolute Gasteiger partial charge is 0.347 e. The number of esters is 2. The first kappa shape index (κ1) is 18.0. The number of rotatable bonds is 2. The van der Waals surface area contributed by atoms with Crippen molar-refractivity contribution in [2.75, 3.05) is 7.11 Å². The molecule has 5 nitrogen and oxygen atoms in total. The minimum atomic E-state index is -0.674. The Bertz CT molecular complexity index is 536. The molecule has 2 unspecified atom stereocenters. The maximum absolute atomic E-state index is 12.0. The minimum absolute atomic E-state index is 0.0266. The topological polar surface area (TPSA) is 76.4 Å². The Balaban J connectivity index is 0.000000261. The highest BCUT2D eigenvalue weighted by molar-refractivity contribution is 5.91. The van der Waals surface area contributed by atoms with E-state index in [1.165, 1.54) is 7.11 Å². The molecule has 0 amide bonds. The van der Waals surface area contributed by atoms with E-state index >= 15 is 0 Å². The molecule has 5 heteroatoms. The zero-order valence-electron chi connectivity index (χ0n) is 13.6. The van der Waals surface area contributed by atoms with Crippen molar-refractivity contribution in [3.8, 4) is 6.07 Å². The van der Waals surface area contributed by atoms with Crippen LogP contribution >= 0.6 is 0 Å². The molecule has 2 aliphatic carbocycles. The van der Waals surface area contributed by atoms with E-state index in [1.54, 1.807) is 6.07 Å². The molecule has 0 spiro atoms. The van der Waals surface area contributed by atoms with Crippen molar-refractivity contribution < 1.29 is 19.1 Å². The van der Waals surface area contributed by atoms with E-state index in [0.717, 1.165) is 19.3 Å². The van der Waals surface area contributed by atoms with Gasteiger partial charge in [-0.3, -0.25) is 4.79 Å². The molecular formula is C17H23NO4. The van der Waals surface area contributed by atoms with Crippen molar-refractivity contribution in [3.05, 3.63) is 24.3 Å². The third-order valence-corrected chi connectivity index (χ3v) is 3.65. The lowest BCUT2D eigenvalue weighted by Gasteiger charge is -2.27. The lowest BCUT2D eigenvalue weighted by molar-refractivity contribution is -0.164. The summed E-state index contributed by atoms with van der Waals surface area (Å²) in [6, 6.07) is 1.55. The number of fused-ring (bicyclic) bond motifs is 2. The number of nitrogens with zero attached hydrogens (tertiary/aromatic N) is 1. The van der Waals surface area contributed by atoms with Crippen molar-refractivity contribution in [1.82, 2.24) is 0 Å². The third kappa shape index (κ3) is 4.45. The zero-order valence-corrected chi connectivity index (χ0v) is 13.6. The highest BCUT2D eigenvalue weighted by Crippen LogP contribution is 2.50. The van der Waals surface area contributed by atoms with Gasteiger partial charge in [0.05, 0.1) is 12.5 Å². The van der Waals surface area contributed by atoms with Crippen molar-refractivity contribution in [1.29, 1.82) is 5.26 Å². The van der Waals surface area contributed by atoms with Crippen molar-refractivity contribution >= 4 is 11.9 Å². The van der Waals surface area contributed by atoms with Gasteiger partial charge in [0.15, 0.2) is 0 Å². The normalized spacial score (nSPS) is 24.8. The molecule has 0 saturated heterocycles. The van der Waals surface area contributed by atoms with Crippen LogP contribution in [0.5, 0.6) is 0 Å². The van der Waals surface area contributed by atoms with Gasteiger partial charge in [-0.05, 0) is 46.0 Å². The predicted molar refractivity (Wildman–Crippen MR) is 81.5 cm³/mol. The molecule has 120 valence electrons. The molecule has 0 radical (unpaired) electrons. The maximum Gasteiger partial charge on any atom is 0.347 e. The number of carbonyl (C=O) groups excluding carboxylic acids is 2. The minimum Gasteiger partial charge on any atom is -0.465 e. The highest BCUT2D eigenvalue weighted by Gasteiger charge is 2.48. The van der Waals surface area contributed by atoms with Crippen molar-refractivity contribution in [2.24, 2.45) is 11.3 Å². The monoisotopic (exact) mass is 305 g/mol. The summed E-state index contributed by atoms with van der Waals surface area (Å²) in [4.78, 5) is 22.2. The summed E-state index contributed by atoms with van der Waals surface area (Å²) in [6.45, 7) is 8.88. The summed E-state index contributed by atoms with van der Waals surface area (Å²) in [7, 11) is 1.20. The van der Waals surface area contributed by atoms with Gasteiger partial charge in [0.2, 0.25) is 0 Å². The molecule has 1 saturated carbocycles. The van der Waals surface area contributed by atoms with Crippen LogP contribution in [0.3, 0.4) is 0 Å². The summed E-state index contributed by atoms with van der Waals surface area (Å²) in [6.07, 6.45) is 7.34. The summed E-state index contributed by atoms with van der Waals surface area (Å²) >= 11 is 0. The van der Waals surface area contributed by atoms with Crippen LogP contribution in [0.25, 0.3) is 0 Å². The molecule has 2 bridgehead atoms. The summed E-state index contributed by atoms with van der Waals surface area (Å²) in [5.74, 6) is -0.0729. The molecule has 2 rings (SSSR count). The largest absolute Gasteiger partial charge is 0.465 e. The fraction of sp³-hybridized carbons (Fsp3) is 0.588. The van der Waals surface area contributed by atoms with Crippen LogP contribution < -0.4 is 0 Å². The second-order valence-corrected chi connectivity index (χ2v) is 6.60. The fourth-order valence-electron chi connectivity index (χ4n) is 2.55. The molecule has 0 N–H and O–H groups in total. The molecule has 0 heterocycles. The second kappa shape index (κ2) is 6.78. The Labute approximate surface area is 131 Å². The Hall–Kier alpha value is -2.09. The average molecular weight is 305 g/mol. The predicted octanol–water partition coefficient (Wildman–Crippen LogP) is 2.92. The third-order valence-electron chi connectivity index (χ3n) is 3.65. The summed E-state index contributed by atoms with van der Waals surface area (Å²) in [5, 5.41) is 7.99. The van der Waals surface area contributed by atoms with Crippen LogP contribution in [0.4, 0.5) is 0 Å². The lowest BCUT2D eigenvalue weighted by atomic mass is 9.88. The Morgan fingerprint density at radius 1 is 1.41 bits per heavy atom. The first-order valence-corrected chi connectivity index (χ1v) is 7.23. The van der Waals surface area contributed by atoms with Crippen LogP contribution in [-0.4, -0.2) is 24.6 Å². The van der Waals surface area contributed by atoms with Crippen LogP contribution in [0.15, 0.2) is 24.3 Å². The Kier molecular flexibility index (Phi) is 5.54. The zero-order chi connectivity index (χ0) is 17.0. The number of carbonyl (C=O) groups is 2. The number of allylic oxidation sites excluding steroid dienone is 1. The van der Waals surface area contributed by atoms with Crippen LogP contribution in [-0.2, 0) is 19.1 Å². The first-order valence-electron chi connectivity index (χ1n) is 7.23. The van der Waals surface area contributed by atoms with Gasteiger partial charge >= 0.3 is 11.9 Å². The fourth-order valence-corrected chi connectivity index (χ4v) is 2.55. The summed E-state index contributed by atoms with van der Waals surface area (Å²) < 4.78 is 9.59. The number of hydrogen-bond donors (Lipinski definition) is 0. The second-order valence-electron chi connectivity index (χ2n) is 6.60. The van der Waals surface area contributed by atoms with Crippen LogP contribution in [0.2, 0.25) is 0 Å². The number of methoxy groups -OCH3 is 1. The van der Waals surface area contributed by atoms with Gasteiger partial charge in [0.1, 0.15) is 17.2 Å². The van der Waals surface area contributed by atoms with E-state index in [4.69, 9.17) is 10.00 Å². The number of hydrogen-bond acceptors (Lipinski definition) is 5. The molecule has 0 aromatic heterocycles. The van der Waals surface area contributed by atoms with Crippen LogP contribution in [0, 0.1) is 22.7 Å². The molecular weight excluding hydrogens is 282 g/mol. The Morgan fingerprint density at radius 2 is 2.05 bits per heavy atom. The lowest BCUT2D eigenvalue weighted by Crippen LogP contribution is -2.34. The number of nitriles is 1. The van der Waals surface area contributed by atoms with Gasteiger partial charge in [-0.1, -0.05) is 18.7 Å². The van der Waals surface area contributed by atoms with Gasteiger partial charge in [-0.25, -0.2) is 4.79 Å².